The number of carbonyl (C=O) groups is 2. The van der Waals surface area contributed by atoms with E-state index in [1.807, 2.05) is 0 Å². The van der Waals surface area contributed by atoms with E-state index in [9.17, 15) is 18.4 Å². The number of likely N-dealkylation sites (tertiary alicyclic amines) is 1. The first-order valence-corrected chi connectivity index (χ1v) is 10.8. The van der Waals surface area contributed by atoms with Gasteiger partial charge in [0, 0.05) is 44.4 Å². The zero-order valence-electron chi connectivity index (χ0n) is 18.1. The number of nitrogens with zero attached hydrogens (tertiary/aromatic N) is 2. The fraction of sp³-hybridized carbons (Fsp3) is 0.636. The molecule has 0 radical (unpaired) electrons. The molecule has 0 bridgehead atoms. The van der Waals surface area contributed by atoms with Gasteiger partial charge in [0.2, 0.25) is 5.91 Å². The van der Waals surface area contributed by atoms with Crippen molar-refractivity contribution in [2.45, 2.75) is 45.0 Å². The van der Waals surface area contributed by atoms with Crippen LogP contribution in [0.5, 0.6) is 0 Å². The summed E-state index contributed by atoms with van der Waals surface area (Å²) in [5.41, 5.74) is -0.151. The molecule has 0 aromatic heterocycles. The van der Waals surface area contributed by atoms with Crippen LogP contribution in [0.3, 0.4) is 0 Å². The molecule has 0 spiro atoms. The second kappa shape index (κ2) is 11.0. The lowest BCUT2D eigenvalue weighted by Crippen LogP contribution is -2.47. The lowest BCUT2D eigenvalue weighted by molar-refractivity contribution is -0.132. The van der Waals surface area contributed by atoms with Gasteiger partial charge in [0.15, 0.2) is 0 Å². The van der Waals surface area contributed by atoms with Crippen LogP contribution in [0.15, 0.2) is 18.2 Å². The molecule has 9 heteroatoms. The van der Waals surface area contributed by atoms with Crippen LogP contribution < -0.4 is 5.32 Å². The van der Waals surface area contributed by atoms with E-state index in [0.29, 0.717) is 25.8 Å². The van der Waals surface area contributed by atoms with Crippen molar-refractivity contribution in [3.63, 3.8) is 0 Å². The minimum Gasteiger partial charge on any atom is -0.377 e. The van der Waals surface area contributed by atoms with Crippen LogP contribution in [0.4, 0.5) is 8.78 Å². The van der Waals surface area contributed by atoms with Crippen LogP contribution >= 0.6 is 0 Å². The molecule has 31 heavy (non-hydrogen) atoms. The van der Waals surface area contributed by atoms with Gasteiger partial charge in [-0.25, -0.2) is 8.78 Å². The lowest BCUT2D eigenvalue weighted by Gasteiger charge is -2.36. The molecule has 2 aliphatic rings. The Morgan fingerprint density at radius 3 is 2.32 bits per heavy atom. The summed E-state index contributed by atoms with van der Waals surface area (Å²) in [7, 11) is 0. The number of amides is 2. The average Bonchev–Trinajstić information content (AvgIpc) is 2.71. The normalized spacial score (nSPS) is 23.0. The van der Waals surface area contributed by atoms with Crippen LogP contribution in [0.2, 0.25) is 0 Å². The van der Waals surface area contributed by atoms with E-state index in [-0.39, 0.29) is 36.3 Å². The average molecular weight is 440 g/mol. The van der Waals surface area contributed by atoms with Crippen molar-refractivity contribution in [1.82, 2.24) is 15.1 Å². The number of morpholine rings is 1. The van der Waals surface area contributed by atoms with Crippen molar-refractivity contribution in [2.24, 2.45) is 0 Å². The standard InChI is InChI=1S/C22H31F2N3O4/c1-15-13-26(14-16(2)31-15)7-8-30-20-3-5-27(6-4-20)21(28)12-25-22(29)17-9-18(23)11-19(24)10-17/h9-11,15-16,20H,3-8,12-14H2,1-2H3,(H,25,29)/t15-,16-/m0/s1. The van der Waals surface area contributed by atoms with Crippen molar-refractivity contribution < 1.29 is 27.8 Å². The van der Waals surface area contributed by atoms with Crippen molar-refractivity contribution in [2.75, 3.05) is 45.9 Å². The Labute approximate surface area is 181 Å². The molecule has 2 fully saturated rings. The molecule has 1 aromatic rings. The number of benzene rings is 1. The zero-order chi connectivity index (χ0) is 22.4. The molecule has 1 N–H and O–H groups in total. The van der Waals surface area contributed by atoms with Gasteiger partial charge in [-0.3, -0.25) is 14.5 Å². The largest absolute Gasteiger partial charge is 0.377 e. The number of rotatable bonds is 7. The number of piperidine rings is 1. The molecule has 3 rings (SSSR count). The molecule has 0 unspecified atom stereocenters. The molecule has 2 heterocycles. The number of hydrogen-bond donors (Lipinski definition) is 1. The van der Waals surface area contributed by atoms with E-state index in [1.54, 1.807) is 4.90 Å². The highest BCUT2D eigenvalue weighted by Crippen LogP contribution is 2.15. The predicted octanol–water partition coefficient (Wildman–Crippen LogP) is 1.81. The van der Waals surface area contributed by atoms with E-state index in [2.05, 4.69) is 24.1 Å². The third-order valence-corrected chi connectivity index (χ3v) is 5.58. The Morgan fingerprint density at radius 2 is 1.71 bits per heavy atom. The van der Waals surface area contributed by atoms with Crippen molar-refractivity contribution in [3.8, 4) is 0 Å². The van der Waals surface area contributed by atoms with Gasteiger partial charge in [-0.1, -0.05) is 0 Å². The minimum atomic E-state index is -0.837. The van der Waals surface area contributed by atoms with E-state index < -0.39 is 17.5 Å². The van der Waals surface area contributed by atoms with Gasteiger partial charge in [0.05, 0.1) is 31.5 Å². The molecule has 1 aromatic carbocycles. The van der Waals surface area contributed by atoms with Gasteiger partial charge in [-0.2, -0.15) is 0 Å². The zero-order valence-corrected chi connectivity index (χ0v) is 18.1. The van der Waals surface area contributed by atoms with Gasteiger partial charge in [0.1, 0.15) is 11.6 Å². The highest BCUT2D eigenvalue weighted by Gasteiger charge is 2.25. The third kappa shape index (κ3) is 7.22. The summed E-state index contributed by atoms with van der Waals surface area (Å²) in [6, 6.07) is 2.56. The Hall–Kier alpha value is -2.10. The monoisotopic (exact) mass is 439 g/mol. The summed E-state index contributed by atoms with van der Waals surface area (Å²) in [5, 5.41) is 2.43. The van der Waals surface area contributed by atoms with E-state index in [0.717, 1.165) is 44.6 Å². The first kappa shape index (κ1) is 23.6. The van der Waals surface area contributed by atoms with Gasteiger partial charge < -0.3 is 19.7 Å². The number of halogens is 2. The molecule has 2 amide bonds. The fourth-order valence-electron chi connectivity index (χ4n) is 4.14. The maximum Gasteiger partial charge on any atom is 0.251 e. The molecule has 7 nitrogen and oxygen atoms in total. The summed E-state index contributed by atoms with van der Waals surface area (Å²) in [4.78, 5) is 28.4. The van der Waals surface area contributed by atoms with Crippen LogP contribution in [0.25, 0.3) is 0 Å². The van der Waals surface area contributed by atoms with Gasteiger partial charge >= 0.3 is 0 Å². The smallest absolute Gasteiger partial charge is 0.251 e. The van der Waals surface area contributed by atoms with Gasteiger partial charge in [-0.15, -0.1) is 0 Å². The van der Waals surface area contributed by atoms with Crippen molar-refractivity contribution >= 4 is 11.8 Å². The molecule has 2 saturated heterocycles. The molecular weight excluding hydrogens is 408 g/mol. The Morgan fingerprint density at radius 1 is 1.10 bits per heavy atom. The van der Waals surface area contributed by atoms with Crippen LogP contribution in [-0.2, 0) is 14.3 Å². The summed E-state index contributed by atoms with van der Waals surface area (Å²) >= 11 is 0. The quantitative estimate of drug-likeness (QED) is 0.702. The number of ether oxygens (including phenoxy) is 2. The summed E-state index contributed by atoms with van der Waals surface area (Å²) in [6.45, 7) is 8.39. The lowest BCUT2D eigenvalue weighted by atomic mass is 10.1. The topological polar surface area (TPSA) is 71.1 Å². The van der Waals surface area contributed by atoms with Crippen LogP contribution in [0.1, 0.15) is 37.0 Å². The third-order valence-electron chi connectivity index (χ3n) is 5.58. The van der Waals surface area contributed by atoms with Gasteiger partial charge in [-0.05, 0) is 38.8 Å². The number of nitrogens with one attached hydrogen (secondary N) is 1. The van der Waals surface area contributed by atoms with Crippen molar-refractivity contribution in [1.29, 1.82) is 0 Å². The number of carbonyl (C=O) groups excluding carboxylic acids is 2. The highest BCUT2D eigenvalue weighted by atomic mass is 19.1. The summed E-state index contributed by atoms with van der Waals surface area (Å²) in [5.74, 6) is -2.58. The molecule has 2 atom stereocenters. The Balaban J connectivity index is 1.33. The predicted molar refractivity (Wildman–Crippen MR) is 111 cm³/mol. The van der Waals surface area contributed by atoms with E-state index in [1.165, 1.54) is 0 Å². The fourth-order valence-corrected chi connectivity index (χ4v) is 4.14. The molecule has 2 aliphatic heterocycles. The summed E-state index contributed by atoms with van der Waals surface area (Å²) < 4.78 is 38.2. The first-order valence-electron chi connectivity index (χ1n) is 10.8. The van der Waals surface area contributed by atoms with Crippen LogP contribution in [-0.4, -0.2) is 85.8 Å². The maximum absolute atomic E-state index is 13.2. The SMILES string of the molecule is C[C@H]1CN(CCOC2CCN(C(=O)CNC(=O)c3cc(F)cc(F)c3)CC2)C[C@H](C)O1. The minimum absolute atomic E-state index is 0.116. The van der Waals surface area contributed by atoms with E-state index in [4.69, 9.17) is 9.47 Å². The molecule has 172 valence electrons. The van der Waals surface area contributed by atoms with Gasteiger partial charge in [0.25, 0.3) is 5.91 Å². The maximum atomic E-state index is 13.2. The molecule has 0 aliphatic carbocycles. The Kier molecular flexibility index (Phi) is 8.34. The number of hydrogen-bond acceptors (Lipinski definition) is 5. The first-order chi connectivity index (χ1) is 14.8. The highest BCUT2D eigenvalue weighted by molar-refractivity contribution is 5.96. The molecular formula is C22H31F2N3O4. The second-order valence-corrected chi connectivity index (χ2v) is 8.31. The Bertz CT molecular complexity index is 741. The summed E-state index contributed by atoms with van der Waals surface area (Å²) in [6.07, 6.45) is 2.07. The van der Waals surface area contributed by atoms with E-state index >= 15 is 0 Å². The van der Waals surface area contributed by atoms with Crippen LogP contribution in [0, 0.1) is 11.6 Å². The van der Waals surface area contributed by atoms with Crippen molar-refractivity contribution in [3.05, 3.63) is 35.4 Å². The molecule has 0 saturated carbocycles. The second-order valence-electron chi connectivity index (χ2n) is 8.31.